The molecule has 0 saturated carbocycles. The van der Waals surface area contributed by atoms with Gasteiger partial charge in [0.25, 0.3) is 0 Å². The SMILES string of the molecule is COc1cc(C=Cc2ccc(OC(C)=O)cc2)oc(=O)c1. The molecule has 5 heteroatoms. The van der Waals surface area contributed by atoms with Crippen LogP contribution in [0.1, 0.15) is 18.2 Å². The molecule has 0 N–H and O–H groups in total. The van der Waals surface area contributed by atoms with Gasteiger partial charge in [-0.25, -0.2) is 4.79 Å². The highest BCUT2D eigenvalue weighted by Crippen LogP contribution is 2.16. The van der Waals surface area contributed by atoms with Crippen LogP contribution in [0, 0.1) is 0 Å². The maximum Gasteiger partial charge on any atom is 0.339 e. The van der Waals surface area contributed by atoms with Crippen LogP contribution in [0.25, 0.3) is 12.2 Å². The van der Waals surface area contributed by atoms with Crippen molar-refractivity contribution in [1.82, 2.24) is 0 Å². The van der Waals surface area contributed by atoms with Gasteiger partial charge in [-0.1, -0.05) is 18.2 Å². The topological polar surface area (TPSA) is 65.7 Å². The molecular weight excluding hydrogens is 272 g/mol. The smallest absolute Gasteiger partial charge is 0.339 e. The first-order valence-corrected chi connectivity index (χ1v) is 6.22. The third-order valence-corrected chi connectivity index (χ3v) is 2.58. The van der Waals surface area contributed by atoms with E-state index in [9.17, 15) is 9.59 Å². The molecule has 1 aromatic carbocycles. The third-order valence-electron chi connectivity index (χ3n) is 2.58. The van der Waals surface area contributed by atoms with Crippen molar-refractivity contribution in [3.8, 4) is 11.5 Å². The number of methoxy groups -OCH3 is 1. The number of hydrogen-bond acceptors (Lipinski definition) is 5. The second kappa shape index (κ2) is 6.56. The van der Waals surface area contributed by atoms with E-state index in [0.29, 0.717) is 17.3 Å². The summed E-state index contributed by atoms with van der Waals surface area (Å²) in [6.45, 7) is 1.35. The molecule has 0 unspecified atom stereocenters. The summed E-state index contributed by atoms with van der Waals surface area (Å²) in [5, 5.41) is 0. The molecule has 0 aliphatic rings. The molecule has 0 fully saturated rings. The first-order valence-electron chi connectivity index (χ1n) is 6.22. The molecule has 0 radical (unpaired) electrons. The highest BCUT2D eigenvalue weighted by Gasteiger charge is 1.99. The molecule has 5 nitrogen and oxygen atoms in total. The van der Waals surface area contributed by atoms with Gasteiger partial charge in [-0.05, 0) is 23.8 Å². The van der Waals surface area contributed by atoms with Gasteiger partial charge < -0.3 is 13.9 Å². The number of rotatable bonds is 4. The summed E-state index contributed by atoms with van der Waals surface area (Å²) >= 11 is 0. The maximum absolute atomic E-state index is 11.3. The average molecular weight is 286 g/mol. The van der Waals surface area contributed by atoms with Crippen LogP contribution in [0.5, 0.6) is 11.5 Å². The molecule has 0 aliphatic heterocycles. The van der Waals surface area contributed by atoms with Crippen molar-refractivity contribution >= 4 is 18.1 Å². The predicted octanol–water partition coefficient (Wildman–Crippen LogP) is 2.74. The molecule has 1 heterocycles. The minimum Gasteiger partial charge on any atom is -0.496 e. The maximum atomic E-state index is 11.3. The average Bonchev–Trinajstić information content (AvgIpc) is 2.45. The molecule has 108 valence electrons. The van der Waals surface area contributed by atoms with Crippen LogP contribution in [-0.4, -0.2) is 13.1 Å². The van der Waals surface area contributed by atoms with Crippen LogP contribution >= 0.6 is 0 Å². The van der Waals surface area contributed by atoms with Gasteiger partial charge in [-0.2, -0.15) is 0 Å². The van der Waals surface area contributed by atoms with E-state index in [0.717, 1.165) is 5.56 Å². The summed E-state index contributed by atoms with van der Waals surface area (Å²) < 4.78 is 15.0. The molecule has 1 aromatic heterocycles. The van der Waals surface area contributed by atoms with Gasteiger partial charge >= 0.3 is 11.6 Å². The Balaban J connectivity index is 2.15. The van der Waals surface area contributed by atoms with Crippen molar-refractivity contribution in [3.05, 3.63) is 58.1 Å². The van der Waals surface area contributed by atoms with E-state index >= 15 is 0 Å². The summed E-state index contributed by atoms with van der Waals surface area (Å²) in [5.74, 6) is 0.948. The number of benzene rings is 1. The van der Waals surface area contributed by atoms with E-state index in [4.69, 9.17) is 13.9 Å². The van der Waals surface area contributed by atoms with Gasteiger partial charge in [0.05, 0.1) is 13.2 Å². The summed E-state index contributed by atoms with van der Waals surface area (Å²) in [6.07, 6.45) is 3.43. The van der Waals surface area contributed by atoms with Gasteiger partial charge in [0, 0.05) is 13.0 Å². The van der Waals surface area contributed by atoms with Crippen LogP contribution in [0.15, 0.2) is 45.6 Å². The lowest BCUT2D eigenvalue weighted by Gasteiger charge is -2.01. The second-order valence-corrected chi connectivity index (χ2v) is 4.21. The van der Waals surface area contributed by atoms with Crippen LogP contribution in [0.4, 0.5) is 0 Å². The van der Waals surface area contributed by atoms with Crippen LogP contribution < -0.4 is 15.1 Å². The number of hydrogen-bond donors (Lipinski definition) is 0. The molecule has 0 spiro atoms. The number of ether oxygens (including phenoxy) is 2. The summed E-state index contributed by atoms with van der Waals surface area (Å²) in [4.78, 5) is 22.1. The zero-order valence-electron chi connectivity index (χ0n) is 11.7. The minimum atomic E-state index is -0.473. The summed E-state index contributed by atoms with van der Waals surface area (Å²) in [6, 6.07) is 9.82. The van der Waals surface area contributed by atoms with Gasteiger partial charge in [0.1, 0.15) is 17.3 Å². The van der Waals surface area contributed by atoms with Crippen molar-refractivity contribution < 1.29 is 18.7 Å². The van der Waals surface area contributed by atoms with E-state index in [1.165, 1.54) is 20.1 Å². The lowest BCUT2D eigenvalue weighted by Crippen LogP contribution is -2.00. The Hall–Kier alpha value is -2.82. The minimum absolute atomic E-state index is 0.364. The molecule has 2 rings (SSSR count). The molecule has 0 atom stereocenters. The fourth-order valence-electron chi connectivity index (χ4n) is 1.66. The Morgan fingerprint density at radius 2 is 1.81 bits per heavy atom. The fourth-order valence-corrected chi connectivity index (χ4v) is 1.66. The lowest BCUT2D eigenvalue weighted by molar-refractivity contribution is -0.131. The highest BCUT2D eigenvalue weighted by molar-refractivity contribution is 5.70. The number of esters is 1. The van der Waals surface area contributed by atoms with Gasteiger partial charge in [0.2, 0.25) is 0 Å². The van der Waals surface area contributed by atoms with E-state index in [1.807, 2.05) is 0 Å². The van der Waals surface area contributed by atoms with Gasteiger partial charge in [0.15, 0.2) is 0 Å². The molecule has 0 amide bonds. The van der Waals surface area contributed by atoms with E-state index < -0.39 is 5.63 Å². The molecular formula is C16H14O5. The quantitative estimate of drug-likeness (QED) is 0.638. The van der Waals surface area contributed by atoms with Gasteiger partial charge in [-0.15, -0.1) is 0 Å². The molecule has 0 aliphatic carbocycles. The van der Waals surface area contributed by atoms with Crippen molar-refractivity contribution in [2.75, 3.05) is 7.11 Å². The first-order chi connectivity index (χ1) is 10.1. The summed E-state index contributed by atoms with van der Waals surface area (Å²) in [7, 11) is 1.48. The molecule has 21 heavy (non-hydrogen) atoms. The van der Waals surface area contributed by atoms with E-state index in [2.05, 4.69) is 0 Å². The highest BCUT2D eigenvalue weighted by atomic mass is 16.5. The Morgan fingerprint density at radius 1 is 1.10 bits per heavy atom. The standard InChI is InChI=1S/C16H14O5/c1-11(17)20-13-6-3-12(4-7-13)5-8-14-9-15(19-2)10-16(18)21-14/h3-10H,1-2H3. The Kier molecular flexibility index (Phi) is 4.56. The molecule has 2 aromatic rings. The van der Waals surface area contributed by atoms with Crippen molar-refractivity contribution in [2.24, 2.45) is 0 Å². The Morgan fingerprint density at radius 3 is 2.43 bits per heavy atom. The lowest BCUT2D eigenvalue weighted by atomic mass is 10.2. The first kappa shape index (κ1) is 14.6. The van der Waals surface area contributed by atoms with Crippen molar-refractivity contribution in [2.45, 2.75) is 6.92 Å². The van der Waals surface area contributed by atoms with Crippen LogP contribution in [0.2, 0.25) is 0 Å². The van der Waals surface area contributed by atoms with E-state index in [-0.39, 0.29) is 5.97 Å². The van der Waals surface area contributed by atoms with Crippen LogP contribution in [-0.2, 0) is 4.79 Å². The van der Waals surface area contributed by atoms with E-state index in [1.54, 1.807) is 42.5 Å². The zero-order valence-corrected chi connectivity index (χ0v) is 11.7. The second-order valence-electron chi connectivity index (χ2n) is 4.21. The number of carbonyl (C=O) groups is 1. The fraction of sp³-hybridized carbons (Fsp3) is 0.125. The third kappa shape index (κ3) is 4.35. The Bertz CT molecular complexity index is 710. The molecule has 0 saturated heterocycles. The predicted molar refractivity (Wildman–Crippen MR) is 78.2 cm³/mol. The van der Waals surface area contributed by atoms with Crippen LogP contribution in [0.3, 0.4) is 0 Å². The monoisotopic (exact) mass is 286 g/mol. The zero-order chi connectivity index (χ0) is 15.2. The Labute approximate surface area is 121 Å². The van der Waals surface area contributed by atoms with Crippen molar-refractivity contribution in [3.63, 3.8) is 0 Å². The largest absolute Gasteiger partial charge is 0.496 e. The normalized spacial score (nSPS) is 10.6. The number of carbonyl (C=O) groups excluding carboxylic acids is 1. The molecule has 0 bridgehead atoms. The van der Waals surface area contributed by atoms with Gasteiger partial charge in [-0.3, -0.25) is 4.79 Å². The van der Waals surface area contributed by atoms with Crippen molar-refractivity contribution in [1.29, 1.82) is 0 Å². The summed E-state index contributed by atoms with van der Waals surface area (Å²) in [5.41, 5.74) is 0.399.